The average molecular weight is 240 g/mol. The molecular weight excluding hydrogens is 222 g/mol. The summed E-state index contributed by atoms with van der Waals surface area (Å²) >= 11 is 0. The zero-order valence-corrected chi connectivity index (χ0v) is 10.8. The Morgan fingerprint density at radius 2 is 1.94 bits per heavy atom. The highest BCUT2D eigenvalue weighted by Crippen LogP contribution is 2.18. The normalized spacial score (nSPS) is 12.3. The van der Waals surface area contributed by atoms with E-state index in [0.717, 1.165) is 5.56 Å². The standard InChI is InChI=1S/C16H18NO/c1-3-12(2)16(18)17-11-14-9-6-8-13-7-4-5-10-15(13)14/h3-10,12H,11H2,1-2H3,(H,17,18)/t12-/m0/s1. The lowest BCUT2D eigenvalue weighted by molar-refractivity contribution is -0.123. The Bertz CT molecular complexity index is 542. The van der Waals surface area contributed by atoms with Gasteiger partial charge >= 0.3 is 0 Å². The van der Waals surface area contributed by atoms with Crippen molar-refractivity contribution in [2.45, 2.75) is 20.4 Å². The van der Waals surface area contributed by atoms with E-state index in [1.54, 1.807) is 0 Å². The van der Waals surface area contributed by atoms with E-state index in [2.05, 4.69) is 29.6 Å². The minimum absolute atomic E-state index is 0.0417. The lowest BCUT2D eigenvalue weighted by atomic mass is 10.0. The molecular formula is C16H18NO. The van der Waals surface area contributed by atoms with Crippen molar-refractivity contribution in [1.29, 1.82) is 0 Å². The van der Waals surface area contributed by atoms with Crippen LogP contribution in [-0.4, -0.2) is 5.91 Å². The highest BCUT2D eigenvalue weighted by molar-refractivity contribution is 5.86. The van der Waals surface area contributed by atoms with Gasteiger partial charge in [0.2, 0.25) is 5.91 Å². The number of carbonyl (C=O) groups is 1. The molecule has 18 heavy (non-hydrogen) atoms. The summed E-state index contributed by atoms with van der Waals surface area (Å²) in [7, 11) is 0. The van der Waals surface area contributed by atoms with E-state index in [9.17, 15) is 4.79 Å². The first kappa shape index (κ1) is 12.6. The van der Waals surface area contributed by atoms with Crippen molar-refractivity contribution in [2.75, 3.05) is 0 Å². The number of fused-ring (bicyclic) bond motifs is 1. The van der Waals surface area contributed by atoms with Gasteiger partial charge in [0, 0.05) is 12.5 Å². The lowest BCUT2D eigenvalue weighted by Gasteiger charge is -2.11. The van der Waals surface area contributed by atoms with E-state index in [1.807, 2.05) is 38.5 Å². The third-order valence-corrected chi connectivity index (χ3v) is 3.25. The Morgan fingerprint density at radius 1 is 1.22 bits per heavy atom. The molecule has 0 aliphatic carbocycles. The fourth-order valence-electron chi connectivity index (χ4n) is 1.94. The van der Waals surface area contributed by atoms with Gasteiger partial charge in [-0.15, -0.1) is 0 Å². The first-order valence-corrected chi connectivity index (χ1v) is 6.26. The van der Waals surface area contributed by atoms with Gasteiger partial charge in [-0.2, -0.15) is 0 Å². The number of benzene rings is 2. The zero-order chi connectivity index (χ0) is 13.0. The quantitative estimate of drug-likeness (QED) is 0.872. The second-order valence-corrected chi connectivity index (χ2v) is 4.48. The third kappa shape index (κ3) is 2.70. The predicted octanol–water partition coefficient (Wildman–Crippen LogP) is 3.32. The molecule has 2 nitrogen and oxygen atoms in total. The van der Waals surface area contributed by atoms with Crippen LogP contribution in [0.5, 0.6) is 0 Å². The van der Waals surface area contributed by atoms with E-state index < -0.39 is 0 Å². The Labute approximate surface area is 108 Å². The van der Waals surface area contributed by atoms with Gasteiger partial charge in [0.15, 0.2) is 0 Å². The molecule has 0 aliphatic rings. The van der Waals surface area contributed by atoms with Crippen molar-refractivity contribution >= 4 is 16.7 Å². The molecule has 0 heterocycles. The molecule has 93 valence electrons. The van der Waals surface area contributed by atoms with Gasteiger partial charge in [-0.1, -0.05) is 56.3 Å². The minimum atomic E-state index is -0.0417. The van der Waals surface area contributed by atoms with Crippen molar-refractivity contribution in [3.05, 3.63) is 54.4 Å². The molecule has 0 saturated heterocycles. The summed E-state index contributed by atoms with van der Waals surface area (Å²) < 4.78 is 0. The van der Waals surface area contributed by atoms with E-state index in [-0.39, 0.29) is 11.8 Å². The second kappa shape index (κ2) is 5.67. The fraction of sp³-hybridized carbons (Fsp3) is 0.250. The van der Waals surface area contributed by atoms with Gasteiger partial charge in [-0.25, -0.2) is 0 Å². The Hall–Kier alpha value is -1.83. The number of amides is 1. The van der Waals surface area contributed by atoms with E-state index in [4.69, 9.17) is 0 Å². The van der Waals surface area contributed by atoms with E-state index in [1.165, 1.54) is 10.8 Å². The number of carbonyl (C=O) groups excluding carboxylic acids is 1. The monoisotopic (exact) mass is 240 g/mol. The smallest absolute Gasteiger partial charge is 0.223 e. The van der Waals surface area contributed by atoms with Crippen LogP contribution in [0.2, 0.25) is 0 Å². The van der Waals surface area contributed by atoms with Crippen LogP contribution < -0.4 is 5.32 Å². The van der Waals surface area contributed by atoms with Gasteiger partial charge in [0.25, 0.3) is 0 Å². The third-order valence-electron chi connectivity index (χ3n) is 3.25. The Morgan fingerprint density at radius 3 is 2.72 bits per heavy atom. The maximum atomic E-state index is 11.7. The van der Waals surface area contributed by atoms with Gasteiger partial charge in [-0.3, -0.25) is 4.79 Å². The molecule has 1 atom stereocenters. The molecule has 0 fully saturated rings. The number of nitrogens with one attached hydrogen (secondary N) is 1. The largest absolute Gasteiger partial charge is 0.352 e. The van der Waals surface area contributed by atoms with Crippen LogP contribution in [0.1, 0.15) is 19.4 Å². The van der Waals surface area contributed by atoms with Crippen molar-refractivity contribution < 1.29 is 4.79 Å². The average Bonchev–Trinajstić information content (AvgIpc) is 2.43. The maximum absolute atomic E-state index is 11.7. The zero-order valence-electron chi connectivity index (χ0n) is 10.8. The SMILES string of the molecule is C[CH][C@H](C)C(=O)NCc1cccc2ccccc12. The first-order chi connectivity index (χ1) is 8.72. The summed E-state index contributed by atoms with van der Waals surface area (Å²) in [6.07, 6.45) is 1.90. The van der Waals surface area contributed by atoms with Crippen LogP contribution in [0.15, 0.2) is 42.5 Å². The van der Waals surface area contributed by atoms with Crippen molar-refractivity contribution in [3.63, 3.8) is 0 Å². The van der Waals surface area contributed by atoms with Gasteiger partial charge < -0.3 is 5.32 Å². The number of rotatable bonds is 4. The topological polar surface area (TPSA) is 29.1 Å². The molecule has 2 aromatic rings. The molecule has 1 radical (unpaired) electrons. The predicted molar refractivity (Wildman–Crippen MR) is 74.9 cm³/mol. The molecule has 0 aromatic heterocycles. The molecule has 0 spiro atoms. The Balaban J connectivity index is 2.15. The lowest BCUT2D eigenvalue weighted by Crippen LogP contribution is -2.28. The summed E-state index contributed by atoms with van der Waals surface area (Å²) in [5, 5.41) is 5.38. The van der Waals surface area contributed by atoms with Crippen LogP contribution in [0.25, 0.3) is 10.8 Å². The molecule has 2 heteroatoms. The van der Waals surface area contributed by atoms with Gasteiger partial charge in [0.05, 0.1) is 0 Å². The van der Waals surface area contributed by atoms with E-state index in [0.29, 0.717) is 6.54 Å². The van der Waals surface area contributed by atoms with Crippen LogP contribution in [0, 0.1) is 12.3 Å². The Kier molecular flexibility index (Phi) is 3.98. The molecule has 1 N–H and O–H groups in total. The van der Waals surface area contributed by atoms with Gasteiger partial charge in [-0.05, 0) is 22.8 Å². The highest BCUT2D eigenvalue weighted by atomic mass is 16.1. The molecule has 1 amide bonds. The second-order valence-electron chi connectivity index (χ2n) is 4.48. The van der Waals surface area contributed by atoms with Crippen molar-refractivity contribution in [2.24, 2.45) is 5.92 Å². The molecule has 0 saturated carbocycles. The molecule has 0 bridgehead atoms. The summed E-state index contributed by atoms with van der Waals surface area (Å²) in [5.41, 5.74) is 1.16. The molecule has 0 aliphatic heterocycles. The molecule has 0 unspecified atom stereocenters. The highest BCUT2D eigenvalue weighted by Gasteiger charge is 2.10. The van der Waals surface area contributed by atoms with Crippen molar-refractivity contribution in [3.8, 4) is 0 Å². The maximum Gasteiger partial charge on any atom is 0.223 e. The van der Waals surface area contributed by atoms with Crippen LogP contribution in [0.4, 0.5) is 0 Å². The first-order valence-electron chi connectivity index (χ1n) is 6.26. The number of hydrogen-bond acceptors (Lipinski definition) is 1. The van der Waals surface area contributed by atoms with E-state index >= 15 is 0 Å². The number of hydrogen-bond donors (Lipinski definition) is 1. The van der Waals surface area contributed by atoms with Crippen LogP contribution in [-0.2, 0) is 11.3 Å². The minimum Gasteiger partial charge on any atom is -0.352 e. The fourth-order valence-corrected chi connectivity index (χ4v) is 1.94. The van der Waals surface area contributed by atoms with Crippen LogP contribution >= 0.6 is 0 Å². The summed E-state index contributed by atoms with van der Waals surface area (Å²) in [5.74, 6) is 0.0328. The summed E-state index contributed by atoms with van der Waals surface area (Å²) in [4.78, 5) is 11.7. The van der Waals surface area contributed by atoms with Crippen molar-refractivity contribution in [1.82, 2.24) is 5.32 Å². The molecule has 2 rings (SSSR count). The van der Waals surface area contributed by atoms with Crippen LogP contribution in [0.3, 0.4) is 0 Å². The molecule has 2 aromatic carbocycles. The summed E-state index contributed by atoms with van der Waals surface area (Å²) in [6, 6.07) is 14.4. The summed E-state index contributed by atoms with van der Waals surface area (Å²) in [6.45, 7) is 4.39. The van der Waals surface area contributed by atoms with Gasteiger partial charge in [0.1, 0.15) is 0 Å².